The highest BCUT2D eigenvalue weighted by atomic mass is 35.5. The Morgan fingerprint density at radius 3 is 2.29 bits per heavy atom. The molecule has 0 heterocycles. The summed E-state index contributed by atoms with van der Waals surface area (Å²) >= 11 is 18.5. The molecule has 3 aromatic carbocycles. The minimum Gasteiger partial charge on any atom is -0.326 e. The van der Waals surface area contributed by atoms with Crippen molar-refractivity contribution in [2.24, 2.45) is 5.92 Å². The number of hydrogen-bond donors (Lipinski definition) is 2. The first-order valence-electron chi connectivity index (χ1n) is 12.2. The van der Waals surface area contributed by atoms with Crippen molar-refractivity contribution in [2.45, 2.75) is 36.2 Å². The molecule has 5 nitrogen and oxygen atoms in total. The number of benzene rings is 3. The Kier molecular flexibility index (Phi) is 8.87. The van der Waals surface area contributed by atoms with Gasteiger partial charge in [0.05, 0.1) is 27.8 Å². The molecule has 2 atom stereocenters. The van der Waals surface area contributed by atoms with E-state index >= 15 is 0 Å². The third-order valence-corrected chi connectivity index (χ3v) is 7.89. The fraction of sp³-hybridized carbons (Fsp3) is 0.250. The van der Waals surface area contributed by atoms with Gasteiger partial charge in [0.15, 0.2) is 5.82 Å². The maximum absolute atomic E-state index is 14.9. The number of hydrogen-bond acceptors (Lipinski definition) is 3. The van der Waals surface area contributed by atoms with Gasteiger partial charge >= 0.3 is 6.18 Å². The molecule has 1 aliphatic carbocycles. The van der Waals surface area contributed by atoms with Crippen molar-refractivity contribution in [1.29, 1.82) is 0 Å². The lowest BCUT2D eigenvalue weighted by molar-refractivity contribution is -0.137. The molecule has 222 valence electrons. The van der Waals surface area contributed by atoms with Gasteiger partial charge in [-0.05, 0) is 54.1 Å². The number of nitrogens with one attached hydrogen (secondary N) is 2. The van der Waals surface area contributed by atoms with E-state index in [2.05, 4.69) is 10.6 Å². The first-order chi connectivity index (χ1) is 19.5. The van der Waals surface area contributed by atoms with E-state index in [1.165, 1.54) is 19.1 Å². The van der Waals surface area contributed by atoms with Gasteiger partial charge in [-0.3, -0.25) is 14.4 Å². The lowest BCUT2D eigenvalue weighted by atomic mass is 10.0. The zero-order chi connectivity index (χ0) is 31.1. The Bertz CT molecular complexity index is 1600. The molecule has 42 heavy (non-hydrogen) atoms. The zero-order valence-electron chi connectivity index (χ0n) is 21.3. The van der Waals surface area contributed by atoms with Crippen LogP contribution in [-0.2, 0) is 22.2 Å². The number of Topliss-reactive ketones (excluding diaryl/α,β-unsaturated/α-hetero) is 1. The molecule has 3 aromatic rings. The summed E-state index contributed by atoms with van der Waals surface area (Å²) in [5, 5.41) is 4.58. The molecule has 0 unspecified atom stereocenters. The second-order valence-corrected chi connectivity index (χ2v) is 11.3. The van der Waals surface area contributed by atoms with Crippen molar-refractivity contribution >= 4 is 63.8 Å². The van der Waals surface area contributed by atoms with Crippen molar-refractivity contribution in [3.63, 3.8) is 0 Å². The molecule has 2 amide bonds. The van der Waals surface area contributed by atoms with Crippen LogP contribution in [0.15, 0.2) is 48.5 Å². The summed E-state index contributed by atoms with van der Waals surface area (Å²) in [6.45, 7) is 1.53. The lowest BCUT2D eigenvalue weighted by Gasteiger charge is -2.13. The largest absolute Gasteiger partial charge is 0.416 e. The topological polar surface area (TPSA) is 75.3 Å². The number of rotatable bonds is 8. The van der Waals surface area contributed by atoms with Crippen LogP contribution in [0, 0.1) is 23.4 Å². The molecule has 0 bridgehead atoms. The van der Waals surface area contributed by atoms with E-state index in [0.29, 0.717) is 12.1 Å². The first-order valence-corrected chi connectivity index (χ1v) is 13.3. The summed E-state index contributed by atoms with van der Waals surface area (Å²) in [7, 11) is 0. The van der Waals surface area contributed by atoms with Gasteiger partial charge in [-0.25, -0.2) is 13.2 Å². The van der Waals surface area contributed by atoms with Crippen LogP contribution in [0.2, 0.25) is 5.02 Å². The van der Waals surface area contributed by atoms with Gasteiger partial charge in [-0.2, -0.15) is 13.2 Å². The smallest absolute Gasteiger partial charge is 0.326 e. The maximum Gasteiger partial charge on any atom is 0.416 e. The third kappa shape index (κ3) is 6.53. The molecule has 14 heteroatoms. The van der Waals surface area contributed by atoms with Crippen molar-refractivity contribution in [3.8, 4) is 0 Å². The summed E-state index contributed by atoms with van der Waals surface area (Å²) < 4.78 is 80.6. The number of anilines is 2. The summed E-state index contributed by atoms with van der Waals surface area (Å²) in [5.74, 6) is -7.96. The van der Waals surface area contributed by atoms with E-state index < -0.39 is 80.6 Å². The predicted molar refractivity (Wildman–Crippen MR) is 145 cm³/mol. The van der Waals surface area contributed by atoms with Crippen LogP contribution in [0.1, 0.15) is 46.3 Å². The fourth-order valence-electron chi connectivity index (χ4n) is 4.39. The van der Waals surface area contributed by atoms with Gasteiger partial charge in [0.2, 0.25) is 5.91 Å². The number of amides is 2. The van der Waals surface area contributed by atoms with Crippen LogP contribution >= 0.6 is 34.8 Å². The fourth-order valence-corrected chi connectivity index (χ4v) is 5.42. The Balaban J connectivity index is 1.53. The van der Waals surface area contributed by atoms with Crippen molar-refractivity contribution in [2.75, 3.05) is 10.6 Å². The lowest BCUT2D eigenvalue weighted by Crippen LogP contribution is -2.19. The number of carbonyl (C=O) groups is 3. The summed E-state index contributed by atoms with van der Waals surface area (Å²) in [6, 6.07) is 7.28. The number of halogens is 9. The number of alkyl halides is 5. The Morgan fingerprint density at radius 2 is 1.64 bits per heavy atom. The molecule has 4 rings (SSSR count). The molecule has 0 spiro atoms. The van der Waals surface area contributed by atoms with E-state index in [4.69, 9.17) is 34.8 Å². The normalized spacial score (nSPS) is 17.5. The van der Waals surface area contributed by atoms with Crippen molar-refractivity contribution in [3.05, 3.63) is 93.3 Å². The zero-order valence-corrected chi connectivity index (χ0v) is 23.6. The average Bonchev–Trinajstić information content (AvgIpc) is 3.50. The standard InChI is InChI=1S/C28H19Cl3F6N2O3/c1-2-16(40)11-18-20(33)5-6-21(24(18)34)39-25(41)17-10-15(3-4-19(17)29)38-26(42)23-22(27(23,30)31)12-7-13(28(35,36)37)9-14(32)8-12/h3-10,22-23H,2,11H2,1H3,(H,38,42)(H,39,41)/t22-,23+/m0/s1. The Morgan fingerprint density at radius 1 is 0.952 bits per heavy atom. The molecular weight excluding hydrogens is 633 g/mol. The minimum atomic E-state index is -4.85. The van der Waals surface area contributed by atoms with Crippen LogP contribution in [0.25, 0.3) is 0 Å². The Labute approximate surface area is 250 Å². The molecule has 0 aliphatic heterocycles. The van der Waals surface area contributed by atoms with E-state index in [0.717, 1.165) is 24.3 Å². The Hall–Kier alpha value is -3.28. The van der Waals surface area contributed by atoms with Crippen LogP contribution in [-0.4, -0.2) is 21.9 Å². The monoisotopic (exact) mass is 650 g/mol. The summed E-state index contributed by atoms with van der Waals surface area (Å²) in [5.41, 5.74) is -2.69. The quantitative estimate of drug-likeness (QED) is 0.191. The molecular formula is C28H19Cl3F6N2O3. The van der Waals surface area contributed by atoms with Gasteiger partial charge in [-0.15, -0.1) is 23.2 Å². The second-order valence-electron chi connectivity index (χ2n) is 9.50. The molecule has 2 N–H and O–H groups in total. The van der Waals surface area contributed by atoms with Crippen LogP contribution in [0.3, 0.4) is 0 Å². The average molecular weight is 652 g/mol. The number of ketones is 1. The van der Waals surface area contributed by atoms with E-state index in [9.17, 15) is 40.7 Å². The van der Waals surface area contributed by atoms with Gasteiger partial charge in [0.1, 0.15) is 21.8 Å². The summed E-state index contributed by atoms with van der Waals surface area (Å²) in [6.07, 6.45) is -5.31. The van der Waals surface area contributed by atoms with Crippen LogP contribution in [0.5, 0.6) is 0 Å². The van der Waals surface area contributed by atoms with E-state index in [1.54, 1.807) is 0 Å². The van der Waals surface area contributed by atoms with Crippen molar-refractivity contribution in [1.82, 2.24) is 0 Å². The predicted octanol–water partition coefficient (Wildman–Crippen LogP) is 8.08. The highest BCUT2D eigenvalue weighted by Gasteiger charge is 2.67. The van der Waals surface area contributed by atoms with Gasteiger partial charge in [0, 0.05) is 30.0 Å². The molecule has 0 aromatic heterocycles. The van der Waals surface area contributed by atoms with E-state index in [1.807, 2.05) is 0 Å². The van der Waals surface area contributed by atoms with Crippen molar-refractivity contribution < 1.29 is 40.7 Å². The molecule has 1 aliphatic rings. The van der Waals surface area contributed by atoms with Gasteiger partial charge < -0.3 is 10.6 Å². The van der Waals surface area contributed by atoms with Crippen LogP contribution in [0.4, 0.5) is 37.7 Å². The molecule has 0 radical (unpaired) electrons. The first kappa shape index (κ1) is 31.7. The van der Waals surface area contributed by atoms with Crippen LogP contribution < -0.4 is 10.6 Å². The molecule has 1 fully saturated rings. The SMILES string of the molecule is CCC(=O)Cc1c(F)ccc(NC(=O)c2cc(NC(=O)[C@H]3[C@H](c4cc(F)cc(C(F)(F)F)c4)C3(Cl)Cl)ccc2Cl)c1F. The highest BCUT2D eigenvalue weighted by Crippen LogP contribution is 2.65. The van der Waals surface area contributed by atoms with Gasteiger partial charge in [0.25, 0.3) is 5.91 Å². The molecule has 0 saturated heterocycles. The molecule has 1 saturated carbocycles. The van der Waals surface area contributed by atoms with E-state index in [-0.39, 0.29) is 28.3 Å². The summed E-state index contributed by atoms with van der Waals surface area (Å²) in [4.78, 5) is 37.6. The maximum atomic E-state index is 14.9. The number of carbonyl (C=O) groups excluding carboxylic acids is 3. The van der Waals surface area contributed by atoms with Gasteiger partial charge in [-0.1, -0.05) is 18.5 Å². The second kappa shape index (κ2) is 11.8. The highest BCUT2D eigenvalue weighted by molar-refractivity contribution is 6.53. The third-order valence-electron chi connectivity index (χ3n) is 6.62. The minimum absolute atomic E-state index is 0.00614.